The Kier molecular flexibility index (Phi) is 6.25. The van der Waals surface area contributed by atoms with E-state index in [9.17, 15) is 9.90 Å². The number of nitrogens with one attached hydrogen (secondary N) is 2. The molecule has 158 valence electrons. The molecule has 0 spiro atoms. The number of benzene rings is 2. The number of amides is 2. The van der Waals surface area contributed by atoms with Crippen molar-refractivity contribution in [2.75, 3.05) is 12.4 Å². The highest BCUT2D eigenvalue weighted by Gasteiger charge is 2.22. The van der Waals surface area contributed by atoms with E-state index in [0.29, 0.717) is 12.1 Å². The van der Waals surface area contributed by atoms with Gasteiger partial charge in [-0.25, -0.2) is 4.79 Å². The largest absolute Gasteiger partial charge is 0.497 e. The van der Waals surface area contributed by atoms with Crippen molar-refractivity contribution in [1.29, 1.82) is 0 Å². The minimum absolute atomic E-state index is 0.0326. The molecule has 1 atom stereocenters. The van der Waals surface area contributed by atoms with Gasteiger partial charge in [-0.3, -0.25) is 4.52 Å². The Bertz CT molecular complexity index is 976. The minimum Gasteiger partial charge on any atom is -0.497 e. The number of methoxy groups -OCH3 is 1. The number of ether oxygens (including phenoxy) is 1. The van der Waals surface area contributed by atoms with Gasteiger partial charge in [-0.2, -0.15) is 4.98 Å². The summed E-state index contributed by atoms with van der Waals surface area (Å²) in [4.78, 5) is 16.4. The molecule has 8 nitrogen and oxygen atoms in total. The quantitative estimate of drug-likeness (QED) is 0.562. The van der Waals surface area contributed by atoms with Crippen LogP contribution in [0.5, 0.6) is 11.8 Å². The lowest BCUT2D eigenvalue weighted by Gasteiger charge is -2.20. The normalized spacial score (nSPS) is 12.3. The van der Waals surface area contributed by atoms with Crippen LogP contribution in [0.2, 0.25) is 0 Å². The van der Waals surface area contributed by atoms with Crippen LogP contribution in [-0.4, -0.2) is 28.4 Å². The number of hydrogen-bond donors (Lipinski definition) is 3. The van der Waals surface area contributed by atoms with Gasteiger partial charge in [0.15, 0.2) is 5.82 Å². The van der Waals surface area contributed by atoms with Crippen LogP contribution in [-0.2, 0) is 11.8 Å². The van der Waals surface area contributed by atoms with Crippen LogP contribution in [0.25, 0.3) is 0 Å². The highest BCUT2D eigenvalue weighted by Crippen LogP contribution is 2.24. The predicted molar refractivity (Wildman–Crippen MR) is 113 cm³/mol. The first-order chi connectivity index (χ1) is 14.2. The monoisotopic (exact) mass is 410 g/mol. The molecular weight excluding hydrogens is 384 g/mol. The molecule has 0 fully saturated rings. The highest BCUT2D eigenvalue weighted by atomic mass is 16.6. The van der Waals surface area contributed by atoms with Crippen molar-refractivity contribution in [2.24, 2.45) is 0 Å². The van der Waals surface area contributed by atoms with Gasteiger partial charge in [0.1, 0.15) is 5.75 Å². The summed E-state index contributed by atoms with van der Waals surface area (Å²) in [6.07, 6.45) is -0.149. The van der Waals surface area contributed by atoms with E-state index in [2.05, 4.69) is 46.1 Å². The summed E-state index contributed by atoms with van der Waals surface area (Å²) >= 11 is 0. The molecule has 1 aromatic heterocycles. The zero-order chi connectivity index (χ0) is 21.7. The molecule has 0 radical (unpaired) electrons. The van der Waals surface area contributed by atoms with E-state index in [0.717, 1.165) is 11.3 Å². The number of aromatic nitrogens is 2. The number of hydrogen-bond acceptors (Lipinski definition) is 6. The third kappa shape index (κ3) is 5.50. The van der Waals surface area contributed by atoms with Crippen LogP contribution in [0, 0.1) is 0 Å². The Morgan fingerprint density at radius 3 is 2.33 bits per heavy atom. The molecule has 2 amide bonds. The second kappa shape index (κ2) is 8.86. The Hall–Kier alpha value is -3.55. The standard InChI is InChI=1S/C22H26N4O4/c1-22(2,3)15-7-9-16(10-8-15)23-20(27)24-18(19-25-21(28)30-26-19)13-14-5-11-17(29-4)12-6-14/h5-12,18H,13H2,1-4H3,(H2,23,24,27)(H,25,26,28). The van der Waals surface area contributed by atoms with Crippen LogP contribution >= 0.6 is 0 Å². The van der Waals surface area contributed by atoms with E-state index >= 15 is 0 Å². The molecular formula is C22H26N4O4. The second-order valence-corrected chi connectivity index (χ2v) is 7.97. The molecule has 0 saturated heterocycles. The van der Waals surface area contributed by atoms with Crippen molar-refractivity contribution in [3.05, 3.63) is 65.5 Å². The van der Waals surface area contributed by atoms with Gasteiger partial charge in [-0.15, -0.1) is 0 Å². The van der Waals surface area contributed by atoms with Gasteiger partial charge in [0.25, 0.3) is 0 Å². The average Bonchev–Trinajstić information content (AvgIpc) is 3.14. The second-order valence-electron chi connectivity index (χ2n) is 7.97. The Labute approximate surface area is 175 Å². The maximum absolute atomic E-state index is 12.6. The molecule has 1 heterocycles. The van der Waals surface area contributed by atoms with Gasteiger partial charge in [0.2, 0.25) is 0 Å². The molecule has 8 heteroatoms. The van der Waals surface area contributed by atoms with Crippen LogP contribution in [0.3, 0.4) is 0 Å². The van der Waals surface area contributed by atoms with Gasteiger partial charge in [-0.1, -0.05) is 50.2 Å². The van der Waals surface area contributed by atoms with Gasteiger partial charge in [-0.05, 0) is 40.8 Å². The van der Waals surface area contributed by atoms with E-state index < -0.39 is 18.1 Å². The van der Waals surface area contributed by atoms with Crippen LogP contribution in [0.1, 0.15) is 43.8 Å². The first-order valence-electron chi connectivity index (χ1n) is 9.58. The molecule has 2 aromatic carbocycles. The molecule has 1 unspecified atom stereocenters. The van der Waals surface area contributed by atoms with Crippen LogP contribution in [0.15, 0.2) is 53.1 Å². The lowest BCUT2D eigenvalue weighted by atomic mass is 9.87. The van der Waals surface area contributed by atoms with Gasteiger partial charge < -0.3 is 20.5 Å². The number of anilines is 1. The van der Waals surface area contributed by atoms with Crippen molar-refractivity contribution < 1.29 is 19.2 Å². The number of nitrogens with zero attached hydrogens (tertiary/aromatic N) is 2. The fraction of sp³-hybridized carbons (Fsp3) is 0.318. The fourth-order valence-electron chi connectivity index (χ4n) is 2.95. The molecule has 0 aliphatic rings. The van der Waals surface area contributed by atoms with Gasteiger partial charge in [0.05, 0.1) is 13.2 Å². The summed E-state index contributed by atoms with van der Waals surface area (Å²) in [6.45, 7) is 6.39. The summed E-state index contributed by atoms with van der Waals surface area (Å²) in [6, 6.07) is 14.1. The van der Waals surface area contributed by atoms with Gasteiger partial charge >= 0.3 is 12.1 Å². The van der Waals surface area contributed by atoms with E-state index in [1.54, 1.807) is 7.11 Å². The molecule has 3 aromatic rings. The van der Waals surface area contributed by atoms with E-state index in [1.807, 2.05) is 48.5 Å². The van der Waals surface area contributed by atoms with E-state index in [1.165, 1.54) is 5.56 Å². The average molecular weight is 410 g/mol. The van der Waals surface area contributed by atoms with Gasteiger partial charge in [0, 0.05) is 12.1 Å². The first kappa shape index (κ1) is 21.2. The van der Waals surface area contributed by atoms with Crippen LogP contribution in [0.4, 0.5) is 10.5 Å². The lowest BCUT2D eigenvalue weighted by Crippen LogP contribution is -2.34. The van der Waals surface area contributed by atoms with Crippen molar-refractivity contribution in [3.63, 3.8) is 0 Å². The van der Waals surface area contributed by atoms with Crippen molar-refractivity contribution >= 4 is 11.7 Å². The molecule has 0 bridgehead atoms. The number of carbonyl (C=O) groups excluding carboxylic acids is 1. The minimum atomic E-state index is -0.600. The maximum atomic E-state index is 12.6. The molecule has 0 aliphatic carbocycles. The fourth-order valence-corrected chi connectivity index (χ4v) is 2.95. The molecule has 3 N–H and O–H groups in total. The SMILES string of the molecule is COc1ccc(CC(NC(=O)Nc2ccc(C(C)(C)C)cc2)c2noc(O)n2)cc1. The highest BCUT2D eigenvalue weighted by molar-refractivity contribution is 5.89. The number of aromatic hydroxyl groups is 1. The molecule has 3 rings (SSSR count). The van der Waals surface area contributed by atoms with E-state index in [-0.39, 0.29) is 11.2 Å². The summed E-state index contributed by atoms with van der Waals surface area (Å²) in [5.41, 5.74) is 2.80. The Morgan fingerprint density at radius 2 is 1.80 bits per heavy atom. The van der Waals surface area contributed by atoms with Crippen LogP contribution < -0.4 is 15.4 Å². The topological polar surface area (TPSA) is 110 Å². The molecule has 0 aliphatic heterocycles. The van der Waals surface area contributed by atoms with Crippen molar-refractivity contribution in [1.82, 2.24) is 15.5 Å². The zero-order valence-electron chi connectivity index (χ0n) is 17.5. The first-order valence-corrected chi connectivity index (χ1v) is 9.58. The smallest absolute Gasteiger partial charge is 0.414 e. The number of carbonyl (C=O) groups is 1. The third-order valence-corrected chi connectivity index (χ3v) is 4.66. The number of urea groups is 1. The molecule has 30 heavy (non-hydrogen) atoms. The Balaban J connectivity index is 1.71. The number of rotatable bonds is 6. The maximum Gasteiger partial charge on any atom is 0.414 e. The van der Waals surface area contributed by atoms with Crippen molar-refractivity contribution in [3.8, 4) is 11.8 Å². The zero-order valence-corrected chi connectivity index (χ0v) is 17.5. The summed E-state index contributed by atoms with van der Waals surface area (Å²) in [5.74, 6) is 0.915. The summed E-state index contributed by atoms with van der Waals surface area (Å²) < 4.78 is 9.84. The summed E-state index contributed by atoms with van der Waals surface area (Å²) in [7, 11) is 1.60. The predicted octanol–water partition coefficient (Wildman–Crippen LogP) is 4.19. The third-order valence-electron chi connectivity index (χ3n) is 4.66. The lowest BCUT2D eigenvalue weighted by molar-refractivity contribution is 0.247. The van der Waals surface area contributed by atoms with E-state index in [4.69, 9.17) is 4.74 Å². The summed E-state index contributed by atoms with van der Waals surface area (Å²) in [5, 5.41) is 18.8. The Morgan fingerprint density at radius 1 is 1.13 bits per heavy atom. The van der Waals surface area contributed by atoms with Crippen molar-refractivity contribution in [2.45, 2.75) is 38.6 Å². The molecule has 0 saturated carbocycles.